The molecule has 2 heterocycles. The van der Waals surface area contributed by atoms with Gasteiger partial charge < -0.3 is 14.2 Å². The Morgan fingerprint density at radius 3 is 2.31 bits per heavy atom. The van der Waals surface area contributed by atoms with Crippen LogP contribution in [0.25, 0.3) is 11.8 Å². The van der Waals surface area contributed by atoms with Gasteiger partial charge in [-0.1, -0.05) is 102 Å². The van der Waals surface area contributed by atoms with E-state index in [0.717, 1.165) is 22.3 Å². The number of rotatable bonds is 9. The van der Waals surface area contributed by atoms with Crippen molar-refractivity contribution >= 4 is 45.0 Å². The number of methoxy groups -OCH3 is 1. The van der Waals surface area contributed by atoms with E-state index in [1.807, 2.05) is 103 Å². The van der Waals surface area contributed by atoms with E-state index in [9.17, 15) is 9.59 Å². The van der Waals surface area contributed by atoms with Gasteiger partial charge in [-0.25, -0.2) is 9.79 Å². The van der Waals surface area contributed by atoms with Gasteiger partial charge in [0.2, 0.25) is 0 Å². The van der Waals surface area contributed by atoms with Crippen molar-refractivity contribution in [2.75, 3.05) is 13.7 Å². The molecule has 226 valence electrons. The van der Waals surface area contributed by atoms with Crippen LogP contribution in [0.3, 0.4) is 0 Å². The molecule has 0 radical (unpaired) electrons. The molecule has 6 rings (SSSR count). The lowest BCUT2D eigenvalue weighted by Crippen LogP contribution is -2.39. The lowest BCUT2D eigenvalue weighted by Gasteiger charge is -2.25. The van der Waals surface area contributed by atoms with Gasteiger partial charge in [0, 0.05) is 5.56 Å². The molecule has 0 unspecified atom stereocenters. The average Bonchev–Trinajstić information content (AvgIpc) is 3.38. The molecule has 0 N–H and O–H groups in total. The molecule has 1 aliphatic rings. The molecule has 0 bridgehead atoms. The zero-order valence-electron chi connectivity index (χ0n) is 24.6. The molecule has 1 atom stereocenters. The van der Waals surface area contributed by atoms with Crippen molar-refractivity contribution in [3.63, 3.8) is 0 Å². The third-order valence-electron chi connectivity index (χ3n) is 7.26. The molecule has 0 amide bonds. The summed E-state index contributed by atoms with van der Waals surface area (Å²) in [4.78, 5) is 33.1. The number of esters is 1. The van der Waals surface area contributed by atoms with Gasteiger partial charge in [0.15, 0.2) is 16.3 Å². The Morgan fingerprint density at radius 1 is 0.978 bits per heavy atom. The second kappa shape index (κ2) is 13.5. The number of ether oxygens (including phenoxy) is 3. The highest BCUT2D eigenvalue weighted by Crippen LogP contribution is 2.38. The molecule has 5 aromatic rings. The summed E-state index contributed by atoms with van der Waals surface area (Å²) in [7, 11) is 1.58. The van der Waals surface area contributed by atoms with Crippen LogP contribution in [0.5, 0.6) is 11.5 Å². The number of aromatic nitrogens is 1. The van der Waals surface area contributed by atoms with Crippen LogP contribution in [0.2, 0.25) is 0 Å². The Morgan fingerprint density at radius 2 is 1.64 bits per heavy atom. The minimum Gasteiger partial charge on any atom is -0.493 e. The topological polar surface area (TPSA) is 79.1 Å². The SMILES string of the molecule is CCOC(=O)C1=C(c2ccccc2)N=c2s/c(=C\c3cc(Br)c(OCc4ccccc4)c(OC)c3)c(=O)n2[C@H]1c1ccccc1. The summed E-state index contributed by atoms with van der Waals surface area (Å²) in [5.41, 5.74) is 3.85. The number of nitrogens with zero attached hydrogens (tertiary/aromatic N) is 2. The highest BCUT2D eigenvalue weighted by Gasteiger charge is 2.35. The normalized spacial score (nSPS) is 14.5. The maximum atomic E-state index is 14.2. The second-order valence-electron chi connectivity index (χ2n) is 10.2. The van der Waals surface area contributed by atoms with E-state index < -0.39 is 12.0 Å². The summed E-state index contributed by atoms with van der Waals surface area (Å²) < 4.78 is 20.0. The molecule has 4 aromatic carbocycles. The zero-order chi connectivity index (χ0) is 31.3. The number of carbonyl (C=O) groups excluding carboxylic acids is 1. The van der Waals surface area contributed by atoms with E-state index in [1.54, 1.807) is 24.7 Å². The Labute approximate surface area is 272 Å². The summed E-state index contributed by atoms with van der Waals surface area (Å²) in [5.74, 6) is 0.580. The molecule has 0 aliphatic carbocycles. The fraction of sp³-hybridized carbons (Fsp3) is 0.139. The van der Waals surface area contributed by atoms with Gasteiger partial charge in [0.05, 0.1) is 40.0 Å². The average molecular weight is 682 g/mol. The molecule has 0 saturated carbocycles. The molecule has 9 heteroatoms. The van der Waals surface area contributed by atoms with Crippen molar-refractivity contribution in [1.29, 1.82) is 0 Å². The summed E-state index contributed by atoms with van der Waals surface area (Å²) in [6.45, 7) is 2.33. The summed E-state index contributed by atoms with van der Waals surface area (Å²) in [6.07, 6.45) is 1.80. The van der Waals surface area contributed by atoms with E-state index in [4.69, 9.17) is 19.2 Å². The van der Waals surface area contributed by atoms with Gasteiger partial charge in [-0.3, -0.25) is 9.36 Å². The van der Waals surface area contributed by atoms with Gasteiger partial charge in [0.25, 0.3) is 5.56 Å². The van der Waals surface area contributed by atoms with E-state index in [1.165, 1.54) is 11.3 Å². The lowest BCUT2D eigenvalue weighted by atomic mass is 9.93. The first-order valence-electron chi connectivity index (χ1n) is 14.4. The molecule has 1 aliphatic heterocycles. The zero-order valence-corrected chi connectivity index (χ0v) is 27.0. The number of fused-ring (bicyclic) bond motifs is 1. The Bertz CT molecular complexity index is 2060. The van der Waals surface area contributed by atoms with Crippen LogP contribution >= 0.6 is 27.3 Å². The van der Waals surface area contributed by atoms with E-state index in [2.05, 4.69) is 15.9 Å². The third-order valence-corrected chi connectivity index (χ3v) is 8.84. The van der Waals surface area contributed by atoms with Crippen molar-refractivity contribution in [3.05, 3.63) is 155 Å². The van der Waals surface area contributed by atoms with Gasteiger partial charge in [0.1, 0.15) is 6.61 Å². The highest BCUT2D eigenvalue weighted by atomic mass is 79.9. The first kappa shape index (κ1) is 30.3. The van der Waals surface area contributed by atoms with E-state index in [-0.39, 0.29) is 12.2 Å². The summed E-state index contributed by atoms with van der Waals surface area (Å²) >= 11 is 4.90. The first-order chi connectivity index (χ1) is 22.0. The molecule has 0 spiro atoms. The second-order valence-corrected chi connectivity index (χ2v) is 12.0. The van der Waals surface area contributed by atoms with Gasteiger partial charge in [-0.05, 0) is 57.8 Å². The standard InChI is InChI=1S/C36H29BrN2O5S/c1-3-43-35(41)30-31(25-15-9-5-10-16-25)38-36-39(32(30)26-17-11-6-12-18-26)34(40)29(45-36)21-24-19-27(37)33(28(20-24)42-2)44-22-23-13-7-4-8-14-23/h4-21,32H,3,22H2,1-2H3/b29-21-/t32-/m0/s1. The largest absolute Gasteiger partial charge is 0.493 e. The van der Waals surface area contributed by atoms with Crippen molar-refractivity contribution in [2.24, 2.45) is 4.99 Å². The lowest BCUT2D eigenvalue weighted by molar-refractivity contribution is -0.138. The fourth-order valence-corrected chi connectivity index (χ4v) is 6.81. The number of halogens is 1. The van der Waals surface area contributed by atoms with Gasteiger partial charge in [-0.15, -0.1) is 0 Å². The number of hydrogen-bond donors (Lipinski definition) is 0. The fourth-order valence-electron chi connectivity index (χ4n) is 5.24. The predicted molar refractivity (Wildman–Crippen MR) is 179 cm³/mol. The molecule has 7 nitrogen and oxygen atoms in total. The number of benzene rings is 4. The molecule has 0 fully saturated rings. The summed E-state index contributed by atoms with van der Waals surface area (Å²) in [6, 6.07) is 31.9. The maximum Gasteiger partial charge on any atom is 0.338 e. The Hall–Kier alpha value is -4.73. The van der Waals surface area contributed by atoms with Crippen molar-refractivity contribution < 1.29 is 19.0 Å². The Balaban J connectivity index is 1.49. The molecule has 0 saturated heterocycles. The minimum atomic E-state index is -0.728. The van der Waals surface area contributed by atoms with Crippen LogP contribution in [0, 0.1) is 0 Å². The first-order valence-corrected chi connectivity index (χ1v) is 16.0. The van der Waals surface area contributed by atoms with Gasteiger partial charge >= 0.3 is 5.97 Å². The molecular weight excluding hydrogens is 652 g/mol. The van der Waals surface area contributed by atoms with Crippen LogP contribution in [0.15, 0.2) is 123 Å². The summed E-state index contributed by atoms with van der Waals surface area (Å²) in [5, 5.41) is 0. The van der Waals surface area contributed by atoms with Crippen molar-refractivity contribution in [1.82, 2.24) is 4.57 Å². The number of carbonyl (C=O) groups is 1. The molecular formula is C36H29BrN2O5S. The van der Waals surface area contributed by atoms with Crippen LogP contribution in [0.4, 0.5) is 0 Å². The predicted octanol–water partition coefficient (Wildman–Crippen LogP) is 6.29. The number of thiazole rings is 1. The number of hydrogen-bond acceptors (Lipinski definition) is 7. The van der Waals surface area contributed by atoms with E-state index in [0.29, 0.717) is 43.2 Å². The third kappa shape index (κ3) is 6.27. The molecule has 1 aromatic heterocycles. The van der Waals surface area contributed by atoms with Crippen LogP contribution < -0.4 is 24.4 Å². The van der Waals surface area contributed by atoms with Crippen LogP contribution in [-0.4, -0.2) is 24.3 Å². The molecule has 45 heavy (non-hydrogen) atoms. The Kier molecular flexibility index (Phi) is 9.09. The van der Waals surface area contributed by atoms with Crippen LogP contribution in [-0.2, 0) is 16.1 Å². The monoisotopic (exact) mass is 680 g/mol. The quantitative estimate of drug-likeness (QED) is 0.171. The van der Waals surface area contributed by atoms with E-state index >= 15 is 0 Å². The van der Waals surface area contributed by atoms with Crippen LogP contribution in [0.1, 0.15) is 35.2 Å². The smallest absolute Gasteiger partial charge is 0.338 e. The van der Waals surface area contributed by atoms with Crippen molar-refractivity contribution in [2.45, 2.75) is 19.6 Å². The van der Waals surface area contributed by atoms with Gasteiger partial charge in [-0.2, -0.15) is 0 Å². The highest BCUT2D eigenvalue weighted by molar-refractivity contribution is 9.10. The minimum absolute atomic E-state index is 0.193. The maximum absolute atomic E-state index is 14.2. The van der Waals surface area contributed by atoms with Crippen molar-refractivity contribution in [3.8, 4) is 11.5 Å².